The molecular formula is C26H32N2O3. The number of aliphatic hydroxyl groups excluding tert-OH is 1. The van der Waals surface area contributed by atoms with Crippen molar-refractivity contribution in [1.29, 1.82) is 0 Å². The van der Waals surface area contributed by atoms with Crippen LogP contribution in [0.25, 0.3) is 17.0 Å². The standard InChI is InChI=1S/C26H32N2O3/c1-4-5-16-27(2)18-22(29)19-28-17-21(24-8-6-7-9-25(24)28)12-15-26(30)20-10-13-23(31-3)14-11-20/h6-15,17,22,29H,4-5,16,18-19H2,1-3H3/b15-12+. The molecule has 1 aromatic heterocycles. The molecule has 1 heterocycles. The summed E-state index contributed by atoms with van der Waals surface area (Å²) < 4.78 is 7.22. The lowest BCUT2D eigenvalue weighted by molar-refractivity contribution is 0.104. The molecular weight excluding hydrogens is 388 g/mol. The lowest BCUT2D eigenvalue weighted by atomic mass is 10.1. The Bertz CT molecular complexity index is 1020. The summed E-state index contributed by atoms with van der Waals surface area (Å²) in [7, 11) is 3.65. The lowest BCUT2D eigenvalue weighted by Gasteiger charge is -2.21. The summed E-state index contributed by atoms with van der Waals surface area (Å²) >= 11 is 0. The highest BCUT2D eigenvalue weighted by atomic mass is 16.5. The van der Waals surface area contributed by atoms with Crippen LogP contribution < -0.4 is 4.74 Å². The summed E-state index contributed by atoms with van der Waals surface area (Å²) in [5.41, 5.74) is 2.63. The number of aliphatic hydroxyl groups is 1. The molecule has 1 atom stereocenters. The summed E-state index contributed by atoms with van der Waals surface area (Å²) in [5, 5.41) is 11.7. The van der Waals surface area contributed by atoms with E-state index in [1.807, 2.05) is 43.6 Å². The third-order valence-electron chi connectivity index (χ3n) is 5.43. The molecule has 0 amide bonds. The van der Waals surface area contributed by atoms with E-state index >= 15 is 0 Å². The molecule has 1 unspecified atom stereocenters. The highest BCUT2D eigenvalue weighted by Gasteiger charge is 2.13. The molecule has 2 aromatic carbocycles. The Labute approximate surface area is 184 Å². The van der Waals surface area contributed by atoms with Crippen molar-refractivity contribution in [2.75, 3.05) is 27.2 Å². The van der Waals surface area contributed by atoms with Crippen LogP contribution in [0.3, 0.4) is 0 Å². The fraction of sp³-hybridized carbons (Fsp3) is 0.346. The van der Waals surface area contributed by atoms with Crippen LogP contribution >= 0.6 is 0 Å². The van der Waals surface area contributed by atoms with Crippen molar-refractivity contribution >= 4 is 22.8 Å². The number of carbonyl (C=O) groups is 1. The minimum absolute atomic E-state index is 0.0583. The van der Waals surface area contributed by atoms with E-state index in [1.165, 1.54) is 0 Å². The zero-order chi connectivity index (χ0) is 22.2. The van der Waals surface area contributed by atoms with Crippen molar-refractivity contribution in [2.24, 2.45) is 0 Å². The molecule has 0 spiro atoms. The number of rotatable bonds is 11. The average Bonchev–Trinajstić information content (AvgIpc) is 3.13. The quantitative estimate of drug-likeness (QED) is 0.363. The maximum absolute atomic E-state index is 12.6. The van der Waals surface area contributed by atoms with Crippen LogP contribution in [-0.4, -0.2) is 53.7 Å². The number of fused-ring (bicyclic) bond motifs is 1. The van der Waals surface area contributed by atoms with E-state index in [1.54, 1.807) is 37.5 Å². The number of ketones is 1. The van der Waals surface area contributed by atoms with E-state index in [0.29, 0.717) is 18.7 Å². The summed E-state index contributed by atoms with van der Waals surface area (Å²) in [6.07, 6.45) is 7.28. The first-order valence-corrected chi connectivity index (χ1v) is 10.8. The molecule has 0 aliphatic heterocycles. The van der Waals surface area contributed by atoms with Crippen LogP contribution in [0.1, 0.15) is 35.7 Å². The van der Waals surface area contributed by atoms with E-state index in [9.17, 15) is 9.90 Å². The van der Waals surface area contributed by atoms with Crippen molar-refractivity contribution < 1.29 is 14.6 Å². The highest BCUT2D eigenvalue weighted by Crippen LogP contribution is 2.23. The maximum atomic E-state index is 12.6. The predicted octanol–water partition coefficient (Wildman–Crippen LogP) is 4.64. The smallest absolute Gasteiger partial charge is 0.185 e. The molecule has 164 valence electrons. The molecule has 5 nitrogen and oxygen atoms in total. The summed E-state index contributed by atoms with van der Waals surface area (Å²) in [4.78, 5) is 14.7. The van der Waals surface area contributed by atoms with Gasteiger partial charge in [0.25, 0.3) is 0 Å². The van der Waals surface area contributed by atoms with Crippen molar-refractivity contribution in [2.45, 2.75) is 32.4 Å². The number of benzene rings is 2. The second-order valence-electron chi connectivity index (χ2n) is 7.95. The Morgan fingerprint density at radius 1 is 1.19 bits per heavy atom. The topological polar surface area (TPSA) is 54.7 Å². The lowest BCUT2D eigenvalue weighted by Crippen LogP contribution is -2.32. The molecule has 0 aliphatic carbocycles. The summed E-state index contributed by atoms with van der Waals surface area (Å²) in [5.74, 6) is 0.666. The second kappa shape index (κ2) is 10.9. The van der Waals surface area contributed by atoms with Gasteiger partial charge in [-0.3, -0.25) is 4.79 Å². The number of hydrogen-bond donors (Lipinski definition) is 1. The summed E-state index contributed by atoms with van der Waals surface area (Å²) in [6.45, 7) is 4.30. The van der Waals surface area contributed by atoms with Gasteiger partial charge in [0, 0.05) is 41.3 Å². The third kappa shape index (κ3) is 6.06. The Morgan fingerprint density at radius 2 is 1.94 bits per heavy atom. The number of para-hydroxylation sites is 1. The van der Waals surface area contributed by atoms with E-state index in [4.69, 9.17) is 4.74 Å². The Kier molecular flexibility index (Phi) is 8.04. The molecule has 3 rings (SSSR count). The number of ether oxygens (including phenoxy) is 1. The van der Waals surface area contributed by atoms with Gasteiger partial charge >= 0.3 is 0 Å². The van der Waals surface area contributed by atoms with Crippen molar-refractivity contribution in [3.63, 3.8) is 0 Å². The van der Waals surface area contributed by atoms with Crippen LogP contribution in [0, 0.1) is 0 Å². The minimum atomic E-state index is -0.463. The molecule has 0 aliphatic rings. The molecule has 5 heteroatoms. The first-order valence-electron chi connectivity index (χ1n) is 10.8. The zero-order valence-electron chi connectivity index (χ0n) is 18.6. The minimum Gasteiger partial charge on any atom is -0.497 e. The average molecular weight is 421 g/mol. The van der Waals surface area contributed by atoms with Gasteiger partial charge in [0.1, 0.15) is 5.75 Å². The number of carbonyl (C=O) groups excluding carboxylic acids is 1. The van der Waals surface area contributed by atoms with Crippen molar-refractivity contribution in [3.05, 3.63) is 71.9 Å². The van der Waals surface area contributed by atoms with Crippen LogP contribution in [0.4, 0.5) is 0 Å². The Morgan fingerprint density at radius 3 is 2.65 bits per heavy atom. The van der Waals surface area contributed by atoms with E-state index in [-0.39, 0.29) is 5.78 Å². The van der Waals surface area contributed by atoms with Gasteiger partial charge in [-0.15, -0.1) is 0 Å². The van der Waals surface area contributed by atoms with Gasteiger partial charge in [-0.25, -0.2) is 0 Å². The number of aromatic nitrogens is 1. The van der Waals surface area contributed by atoms with Crippen LogP contribution in [0.5, 0.6) is 5.75 Å². The number of unbranched alkanes of at least 4 members (excludes halogenated alkanes) is 1. The molecule has 0 radical (unpaired) electrons. The molecule has 1 N–H and O–H groups in total. The van der Waals surface area contributed by atoms with E-state index in [0.717, 1.165) is 41.6 Å². The van der Waals surface area contributed by atoms with Gasteiger partial charge in [0.2, 0.25) is 0 Å². The summed E-state index contributed by atoms with van der Waals surface area (Å²) in [6, 6.07) is 15.2. The molecule has 0 saturated carbocycles. The monoisotopic (exact) mass is 420 g/mol. The SMILES string of the molecule is CCCCN(C)CC(O)Cn1cc(/C=C/C(=O)c2ccc(OC)cc2)c2ccccc21. The van der Waals surface area contributed by atoms with Gasteiger partial charge in [-0.2, -0.15) is 0 Å². The van der Waals surface area contributed by atoms with Gasteiger partial charge in [-0.05, 0) is 62.5 Å². The first-order chi connectivity index (χ1) is 15.0. The van der Waals surface area contributed by atoms with Gasteiger partial charge in [-0.1, -0.05) is 31.5 Å². The molecule has 3 aromatic rings. The van der Waals surface area contributed by atoms with Crippen molar-refractivity contribution in [1.82, 2.24) is 9.47 Å². The maximum Gasteiger partial charge on any atom is 0.185 e. The molecule has 0 bridgehead atoms. The number of methoxy groups -OCH3 is 1. The van der Waals surface area contributed by atoms with E-state index in [2.05, 4.69) is 16.4 Å². The number of allylic oxidation sites excluding steroid dienone is 1. The van der Waals surface area contributed by atoms with Crippen LogP contribution in [0.15, 0.2) is 60.8 Å². The largest absolute Gasteiger partial charge is 0.497 e. The fourth-order valence-electron chi connectivity index (χ4n) is 3.74. The molecule has 31 heavy (non-hydrogen) atoms. The van der Waals surface area contributed by atoms with Crippen LogP contribution in [-0.2, 0) is 6.54 Å². The molecule has 0 saturated heterocycles. The Hall–Kier alpha value is -2.89. The number of hydrogen-bond acceptors (Lipinski definition) is 4. The molecule has 0 fully saturated rings. The highest BCUT2D eigenvalue weighted by molar-refractivity contribution is 6.07. The fourth-order valence-corrected chi connectivity index (χ4v) is 3.74. The van der Waals surface area contributed by atoms with Gasteiger partial charge < -0.3 is 19.3 Å². The van der Waals surface area contributed by atoms with Crippen molar-refractivity contribution in [3.8, 4) is 5.75 Å². The number of likely N-dealkylation sites (N-methyl/N-ethyl adjacent to an activating group) is 1. The van der Waals surface area contributed by atoms with Gasteiger partial charge in [0.05, 0.1) is 13.2 Å². The number of nitrogens with zero attached hydrogens (tertiary/aromatic N) is 2. The predicted molar refractivity (Wildman–Crippen MR) is 127 cm³/mol. The normalized spacial score (nSPS) is 12.7. The van der Waals surface area contributed by atoms with Crippen LogP contribution in [0.2, 0.25) is 0 Å². The van der Waals surface area contributed by atoms with E-state index < -0.39 is 6.10 Å². The van der Waals surface area contributed by atoms with Gasteiger partial charge in [0.15, 0.2) is 5.78 Å². The first kappa shape index (κ1) is 22.8. The third-order valence-corrected chi connectivity index (χ3v) is 5.43. The second-order valence-corrected chi connectivity index (χ2v) is 7.95. The Balaban J connectivity index is 1.75. The zero-order valence-corrected chi connectivity index (χ0v) is 18.6.